The lowest BCUT2D eigenvalue weighted by molar-refractivity contribution is -0.117. The van der Waals surface area contributed by atoms with Crippen molar-refractivity contribution in [1.82, 2.24) is 10.3 Å². The van der Waals surface area contributed by atoms with Crippen LogP contribution in [-0.4, -0.2) is 23.5 Å². The summed E-state index contributed by atoms with van der Waals surface area (Å²) >= 11 is 9.02. The molecule has 0 saturated carbocycles. The minimum Gasteiger partial charge on any atom is -0.323 e. The zero-order valence-corrected chi connectivity index (χ0v) is 10.8. The number of carbonyl (C=O) groups excluding carboxylic acids is 1. The maximum absolute atomic E-state index is 11.8. The van der Waals surface area contributed by atoms with Crippen LogP contribution in [0, 0.1) is 0 Å². The molecule has 6 heteroatoms. The van der Waals surface area contributed by atoms with E-state index in [1.54, 1.807) is 12.3 Å². The van der Waals surface area contributed by atoms with Gasteiger partial charge in [0, 0.05) is 0 Å². The number of nitrogens with zero attached hydrogens (tertiary/aromatic N) is 1. The van der Waals surface area contributed by atoms with E-state index in [0.29, 0.717) is 15.3 Å². The molecule has 1 aromatic rings. The van der Waals surface area contributed by atoms with Crippen LogP contribution in [0.3, 0.4) is 0 Å². The second-order valence-electron chi connectivity index (χ2n) is 3.63. The average Bonchev–Trinajstić information content (AvgIpc) is 2.77. The zero-order valence-electron chi connectivity index (χ0n) is 8.46. The van der Waals surface area contributed by atoms with Crippen LogP contribution in [0.25, 0.3) is 0 Å². The van der Waals surface area contributed by atoms with Crippen molar-refractivity contribution in [3.05, 3.63) is 21.9 Å². The van der Waals surface area contributed by atoms with Crippen molar-refractivity contribution in [1.29, 1.82) is 0 Å². The number of anilines is 1. The molecule has 86 valence electrons. The normalized spacial score (nSPS) is 19.8. The van der Waals surface area contributed by atoms with Crippen LogP contribution in [0.1, 0.15) is 12.8 Å². The highest BCUT2D eigenvalue weighted by atomic mass is 79.9. The van der Waals surface area contributed by atoms with E-state index in [1.165, 1.54) is 0 Å². The smallest absolute Gasteiger partial charge is 0.241 e. The number of amides is 1. The standard InChI is InChI=1S/C10H11BrClN3O/c11-7-4-6(5-14-9(7)12)15-10(16)8-2-1-3-13-8/h4-5,8,13H,1-3H2,(H,15,16)/t8-/m0/s1. The van der Waals surface area contributed by atoms with Gasteiger partial charge in [0.2, 0.25) is 5.91 Å². The van der Waals surface area contributed by atoms with E-state index in [2.05, 4.69) is 31.5 Å². The van der Waals surface area contributed by atoms with Crippen molar-refractivity contribution in [2.45, 2.75) is 18.9 Å². The van der Waals surface area contributed by atoms with E-state index in [4.69, 9.17) is 11.6 Å². The fourth-order valence-corrected chi connectivity index (χ4v) is 2.08. The SMILES string of the molecule is O=C(Nc1cnc(Cl)c(Br)c1)[C@@H]1CCCN1. The van der Waals surface area contributed by atoms with Crippen molar-refractivity contribution in [2.24, 2.45) is 0 Å². The molecular weight excluding hydrogens is 293 g/mol. The monoisotopic (exact) mass is 303 g/mol. The maximum atomic E-state index is 11.8. The Morgan fingerprint density at radius 2 is 2.50 bits per heavy atom. The van der Waals surface area contributed by atoms with Crippen LogP contribution in [0.2, 0.25) is 5.15 Å². The summed E-state index contributed by atoms with van der Waals surface area (Å²) in [6.07, 6.45) is 3.47. The minimum atomic E-state index is -0.0885. The van der Waals surface area contributed by atoms with E-state index < -0.39 is 0 Å². The zero-order chi connectivity index (χ0) is 11.5. The third-order valence-corrected chi connectivity index (χ3v) is 3.57. The molecule has 0 aromatic carbocycles. The van der Waals surface area contributed by atoms with Gasteiger partial charge in [-0.25, -0.2) is 4.98 Å². The first-order valence-corrected chi connectivity index (χ1v) is 6.19. The second kappa shape index (κ2) is 5.12. The van der Waals surface area contributed by atoms with Gasteiger partial charge in [-0.3, -0.25) is 4.79 Å². The number of halogens is 2. The molecule has 0 bridgehead atoms. The summed E-state index contributed by atoms with van der Waals surface area (Å²) in [5, 5.41) is 6.32. The Labute approximate surface area is 107 Å². The van der Waals surface area contributed by atoms with Gasteiger partial charge < -0.3 is 10.6 Å². The van der Waals surface area contributed by atoms with Crippen LogP contribution >= 0.6 is 27.5 Å². The van der Waals surface area contributed by atoms with Crippen LogP contribution in [0.4, 0.5) is 5.69 Å². The Kier molecular flexibility index (Phi) is 3.78. The molecule has 1 atom stereocenters. The van der Waals surface area contributed by atoms with Crippen molar-refractivity contribution < 1.29 is 4.79 Å². The molecule has 0 radical (unpaired) electrons. The van der Waals surface area contributed by atoms with Gasteiger partial charge in [-0.2, -0.15) is 0 Å². The van der Waals surface area contributed by atoms with Gasteiger partial charge in [0.05, 0.1) is 22.4 Å². The summed E-state index contributed by atoms with van der Waals surface area (Å²) in [6, 6.07) is 1.65. The Hall–Kier alpha value is -0.650. The molecule has 0 spiro atoms. The number of pyridine rings is 1. The molecule has 0 aliphatic carbocycles. The Bertz CT molecular complexity index is 407. The molecule has 1 amide bonds. The van der Waals surface area contributed by atoms with Gasteiger partial charge in [0.1, 0.15) is 5.15 Å². The lowest BCUT2D eigenvalue weighted by Gasteiger charge is -2.11. The molecule has 1 aromatic heterocycles. The van der Waals surface area contributed by atoms with E-state index in [0.717, 1.165) is 19.4 Å². The van der Waals surface area contributed by atoms with Gasteiger partial charge in [-0.15, -0.1) is 0 Å². The maximum Gasteiger partial charge on any atom is 0.241 e. The van der Waals surface area contributed by atoms with Crippen LogP contribution in [0.5, 0.6) is 0 Å². The van der Waals surface area contributed by atoms with Gasteiger partial charge in [0.25, 0.3) is 0 Å². The van der Waals surface area contributed by atoms with Gasteiger partial charge >= 0.3 is 0 Å². The molecule has 2 N–H and O–H groups in total. The Balaban J connectivity index is 2.02. The van der Waals surface area contributed by atoms with Crippen LogP contribution < -0.4 is 10.6 Å². The third kappa shape index (κ3) is 2.72. The highest BCUT2D eigenvalue weighted by molar-refractivity contribution is 9.10. The Morgan fingerprint density at radius 1 is 1.69 bits per heavy atom. The lowest BCUT2D eigenvalue weighted by Crippen LogP contribution is -2.35. The molecule has 1 aliphatic rings. The highest BCUT2D eigenvalue weighted by Gasteiger charge is 2.21. The number of aromatic nitrogens is 1. The van der Waals surface area contributed by atoms with Gasteiger partial charge in [-0.05, 0) is 41.4 Å². The summed E-state index contributed by atoms with van der Waals surface area (Å²) in [4.78, 5) is 15.7. The fraction of sp³-hybridized carbons (Fsp3) is 0.400. The van der Waals surface area contributed by atoms with E-state index in [-0.39, 0.29) is 11.9 Å². The summed E-state index contributed by atoms with van der Waals surface area (Å²) in [5.74, 6) is -0.0199. The van der Waals surface area contributed by atoms with Crippen LogP contribution in [-0.2, 0) is 4.79 Å². The average molecular weight is 305 g/mol. The molecule has 2 heterocycles. The summed E-state index contributed by atoms with van der Waals surface area (Å²) in [5.41, 5.74) is 0.648. The quantitative estimate of drug-likeness (QED) is 0.824. The lowest BCUT2D eigenvalue weighted by atomic mass is 10.2. The topological polar surface area (TPSA) is 54.0 Å². The third-order valence-electron chi connectivity index (χ3n) is 2.44. The first-order valence-electron chi connectivity index (χ1n) is 5.02. The first kappa shape index (κ1) is 11.8. The number of nitrogens with one attached hydrogen (secondary N) is 2. The fourth-order valence-electron chi connectivity index (χ4n) is 1.63. The van der Waals surface area contributed by atoms with Crippen molar-refractivity contribution in [3.63, 3.8) is 0 Å². The van der Waals surface area contributed by atoms with E-state index in [1.807, 2.05) is 0 Å². The first-order chi connectivity index (χ1) is 7.66. The number of rotatable bonds is 2. The molecule has 4 nitrogen and oxygen atoms in total. The molecule has 0 unspecified atom stereocenters. The van der Waals surface area contributed by atoms with Crippen molar-refractivity contribution in [2.75, 3.05) is 11.9 Å². The molecule has 1 saturated heterocycles. The Morgan fingerprint density at radius 3 is 3.12 bits per heavy atom. The van der Waals surface area contributed by atoms with Gasteiger partial charge in [0.15, 0.2) is 0 Å². The number of carbonyl (C=O) groups is 1. The van der Waals surface area contributed by atoms with E-state index in [9.17, 15) is 4.79 Å². The minimum absolute atomic E-state index is 0.0199. The molecule has 1 fully saturated rings. The van der Waals surface area contributed by atoms with E-state index >= 15 is 0 Å². The predicted octanol–water partition coefficient (Wildman–Crippen LogP) is 2.19. The summed E-state index contributed by atoms with van der Waals surface area (Å²) < 4.78 is 0.673. The number of hydrogen-bond donors (Lipinski definition) is 2. The van der Waals surface area contributed by atoms with Gasteiger partial charge in [-0.1, -0.05) is 11.6 Å². The highest BCUT2D eigenvalue weighted by Crippen LogP contribution is 2.23. The second-order valence-corrected chi connectivity index (χ2v) is 4.85. The molecular formula is C10H11BrClN3O. The largest absolute Gasteiger partial charge is 0.323 e. The van der Waals surface area contributed by atoms with Crippen molar-refractivity contribution >= 4 is 39.1 Å². The predicted molar refractivity (Wildman–Crippen MR) is 66.6 cm³/mol. The molecule has 2 rings (SSSR count). The van der Waals surface area contributed by atoms with Crippen LogP contribution in [0.15, 0.2) is 16.7 Å². The summed E-state index contributed by atoms with van der Waals surface area (Å²) in [7, 11) is 0. The summed E-state index contributed by atoms with van der Waals surface area (Å²) in [6.45, 7) is 0.903. The van der Waals surface area contributed by atoms with Crippen molar-refractivity contribution in [3.8, 4) is 0 Å². The molecule has 16 heavy (non-hydrogen) atoms. The molecule has 1 aliphatic heterocycles. The number of hydrogen-bond acceptors (Lipinski definition) is 3.